The first-order chi connectivity index (χ1) is 12.6. The Hall–Kier alpha value is -0.910. The van der Waals surface area contributed by atoms with E-state index >= 15 is 0 Å². The molecule has 4 aliphatic carbocycles. The summed E-state index contributed by atoms with van der Waals surface area (Å²) in [5.41, 5.74) is 0.106. The molecule has 0 amide bonds. The van der Waals surface area contributed by atoms with Crippen molar-refractivity contribution in [3.8, 4) is 0 Å². The normalized spacial score (nSPS) is 51.2. The van der Waals surface area contributed by atoms with E-state index in [1.54, 1.807) is 0 Å². The van der Waals surface area contributed by atoms with Crippen LogP contribution in [0.3, 0.4) is 0 Å². The number of carbonyl (C=O) groups is 1. The van der Waals surface area contributed by atoms with Gasteiger partial charge in [0.25, 0.3) is 0 Å². The average Bonchev–Trinajstić information content (AvgIpc) is 2.98. The number of aliphatic hydroxyl groups is 3. The van der Waals surface area contributed by atoms with Gasteiger partial charge in [0.15, 0.2) is 0 Å². The van der Waals surface area contributed by atoms with Gasteiger partial charge in [0.2, 0.25) is 0 Å². The van der Waals surface area contributed by atoms with Crippen LogP contribution in [0.2, 0.25) is 0 Å². The SMILES string of the molecule is CC(=O)OC[C@@]1(O)CC[C@]23C[C@H]1CC2=CC[C@H]1[C@](C)(CO)[C@H](O)CC[C@@]13C. The Morgan fingerprint density at radius 2 is 2.04 bits per heavy atom. The third kappa shape index (κ3) is 2.44. The molecule has 3 fully saturated rings. The number of fused-ring (bicyclic) bond motifs is 2. The smallest absolute Gasteiger partial charge is 0.302 e. The molecule has 0 aromatic heterocycles. The van der Waals surface area contributed by atoms with Crippen molar-refractivity contribution in [1.82, 2.24) is 0 Å². The average molecular weight is 379 g/mol. The summed E-state index contributed by atoms with van der Waals surface area (Å²) in [4.78, 5) is 11.3. The molecular formula is C22H34O5. The Balaban J connectivity index is 1.68. The summed E-state index contributed by atoms with van der Waals surface area (Å²) >= 11 is 0. The zero-order valence-electron chi connectivity index (χ0n) is 16.8. The van der Waals surface area contributed by atoms with Crippen LogP contribution < -0.4 is 0 Å². The maximum atomic E-state index is 11.3. The van der Waals surface area contributed by atoms with Gasteiger partial charge in [0.05, 0.1) is 12.7 Å². The van der Waals surface area contributed by atoms with Gasteiger partial charge in [-0.3, -0.25) is 4.79 Å². The molecule has 5 nitrogen and oxygen atoms in total. The fourth-order valence-electron chi connectivity index (χ4n) is 7.42. The first kappa shape index (κ1) is 19.4. The summed E-state index contributed by atoms with van der Waals surface area (Å²) in [6, 6.07) is 0. The van der Waals surface area contributed by atoms with Crippen LogP contribution in [-0.4, -0.2) is 46.2 Å². The highest BCUT2D eigenvalue weighted by atomic mass is 16.5. The molecule has 0 radical (unpaired) electrons. The third-order valence-electron chi connectivity index (χ3n) is 9.24. The molecule has 27 heavy (non-hydrogen) atoms. The van der Waals surface area contributed by atoms with E-state index in [9.17, 15) is 20.1 Å². The zero-order valence-corrected chi connectivity index (χ0v) is 16.8. The number of hydrogen-bond donors (Lipinski definition) is 3. The third-order valence-corrected chi connectivity index (χ3v) is 9.24. The van der Waals surface area contributed by atoms with E-state index < -0.39 is 17.1 Å². The fraction of sp³-hybridized carbons (Fsp3) is 0.864. The molecule has 0 heterocycles. The van der Waals surface area contributed by atoms with Gasteiger partial charge < -0.3 is 20.1 Å². The monoisotopic (exact) mass is 378 g/mol. The Kier molecular flexibility index (Phi) is 4.34. The number of aliphatic hydroxyl groups excluding tert-OH is 2. The summed E-state index contributed by atoms with van der Waals surface area (Å²) < 4.78 is 5.21. The number of esters is 1. The van der Waals surface area contributed by atoms with Gasteiger partial charge in [-0.2, -0.15) is 0 Å². The van der Waals surface area contributed by atoms with Crippen LogP contribution in [0.4, 0.5) is 0 Å². The number of carbonyl (C=O) groups excluding carboxylic acids is 1. The van der Waals surface area contributed by atoms with Gasteiger partial charge in [-0.15, -0.1) is 0 Å². The van der Waals surface area contributed by atoms with Gasteiger partial charge >= 0.3 is 5.97 Å². The maximum absolute atomic E-state index is 11.3. The highest BCUT2D eigenvalue weighted by Crippen LogP contribution is 2.73. The van der Waals surface area contributed by atoms with Gasteiger partial charge in [0.1, 0.15) is 12.2 Å². The van der Waals surface area contributed by atoms with Crippen molar-refractivity contribution in [3.05, 3.63) is 11.6 Å². The lowest BCUT2D eigenvalue weighted by Crippen LogP contribution is -2.61. The van der Waals surface area contributed by atoms with Crippen LogP contribution in [0.1, 0.15) is 65.7 Å². The van der Waals surface area contributed by atoms with E-state index in [4.69, 9.17) is 4.74 Å². The van der Waals surface area contributed by atoms with Gasteiger partial charge in [-0.25, -0.2) is 0 Å². The molecule has 0 aromatic carbocycles. The van der Waals surface area contributed by atoms with Crippen LogP contribution in [-0.2, 0) is 9.53 Å². The molecule has 0 aromatic rings. The lowest BCUT2D eigenvalue weighted by atomic mass is 9.41. The van der Waals surface area contributed by atoms with Crippen molar-refractivity contribution in [2.75, 3.05) is 13.2 Å². The minimum absolute atomic E-state index is 0.00743. The lowest BCUT2D eigenvalue weighted by molar-refractivity contribution is -0.187. The van der Waals surface area contributed by atoms with E-state index in [0.29, 0.717) is 6.42 Å². The highest BCUT2D eigenvalue weighted by Gasteiger charge is 2.68. The Morgan fingerprint density at radius 3 is 2.70 bits per heavy atom. The second kappa shape index (κ2) is 6.04. The minimum atomic E-state index is -0.935. The molecule has 1 spiro atoms. The molecule has 152 valence electrons. The molecule has 4 aliphatic rings. The summed E-state index contributed by atoms with van der Waals surface area (Å²) in [7, 11) is 0. The standard InChI is InChI=1S/C22H34O5/c1-14(24)27-13-22(26)9-8-21-11-16(22)10-15(21)4-5-17-19(2,12-23)18(25)6-7-20(17,21)3/h4,16-18,23,25-26H,5-13H2,1-3H3/t16-,17+,18-,19+,20+,21+,22+/m1/s1. The van der Waals surface area contributed by atoms with Crippen molar-refractivity contribution < 1.29 is 24.9 Å². The van der Waals surface area contributed by atoms with Crippen molar-refractivity contribution in [2.45, 2.75) is 77.4 Å². The molecule has 5 heteroatoms. The lowest BCUT2D eigenvalue weighted by Gasteiger charge is -2.64. The van der Waals surface area contributed by atoms with Crippen molar-refractivity contribution in [2.24, 2.45) is 28.1 Å². The van der Waals surface area contributed by atoms with Crippen LogP contribution in [0, 0.1) is 28.1 Å². The summed E-state index contributed by atoms with van der Waals surface area (Å²) in [6.07, 6.45) is 7.77. The Bertz CT molecular complexity index is 674. The molecule has 7 atom stereocenters. The summed E-state index contributed by atoms with van der Waals surface area (Å²) in [5.74, 6) is 0.00548. The van der Waals surface area contributed by atoms with Crippen molar-refractivity contribution >= 4 is 5.97 Å². The van der Waals surface area contributed by atoms with E-state index in [1.807, 2.05) is 6.92 Å². The second-order valence-corrected chi connectivity index (χ2v) is 10.2. The fourth-order valence-corrected chi connectivity index (χ4v) is 7.42. The molecule has 4 rings (SSSR count). The second-order valence-electron chi connectivity index (χ2n) is 10.2. The first-order valence-corrected chi connectivity index (χ1v) is 10.5. The number of allylic oxidation sites excluding steroid dienone is 2. The number of ether oxygens (including phenoxy) is 1. The number of rotatable bonds is 3. The van der Waals surface area contributed by atoms with E-state index in [-0.39, 0.29) is 41.8 Å². The zero-order chi connectivity index (χ0) is 19.7. The molecular weight excluding hydrogens is 344 g/mol. The molecule has 0 aliphatic heterocycles. The molecule has 0 unspecified atom stereocenters. The topological polar surface area (TPSA) is 87.0 Å². The van der Waals surface area contributed by atoms with E-state index in [2.05, 4.69) is 13.0 Å². The Morgan fingerprint density at radius 1 is 1.30 bits per heavy atom. The number of hydrogen-bond acceptors (Lipinski definition) is 5. The molecule has 0 saturated heterocycles. The predicted octanol–water partition coefficient (Wildman–Crippen LogP) is 2.58. The van der Waals surface area contributed by atoms with Gasteiger partial charge in [-0.1, -0.05) is 25.5 Å². The van der Waals surface area contributed by atoms with Gasteiger partial charge in [0, 0.05) is 12.3 Å². The summed E-state index contributed by atoms with van der Waals surface area (Å²) in [5, 5.41) is 32.1. The largest absolute Gasteiger partial charge is 0.463 e. The van der Waals surface area contributed by atoms with E-state index in [1.165, 1.54) is 12.5 Å². The predicted molar refractivity (Wildman–Crippen MR) is 101 cm³/mol. The molecule has 3 saturated carbocycles. The quantitative estimate of drug-likeness (QED) is 0.519. The maximum Gasteiger partial charge on any atom is 0.302 e. The van der Waals surface area contributed by atoms with Gasteiger partial charge in [-0.05, 0) is 67.6 Å². The summed E-state index contributed by atoms with van der Waals surface area (Å²) in [6.45, 7) is 5.89. The molecule has 3 N–H and O–H groups in total. The van der Waals surface area contributed by atoms with E-state index in [0.717, 1.165) is 38.5 Å². The molecule has 2 bridgehead atoms. The minimum Gasteiger partial charge on any atom is -0.463 e. The van der Waals surface area contributed by atoms with Crippen molar-refractivity contribution in [1.29, 1.82) is 0 Å². The highest BCUT2D eigenvalue weighted by molar-refractivity contribution is 5.66. The van der Waals surface area contributed by atoms with Crippen LogP contribution in [0.15, 0.2) is 11.6 Å². The van der Waals surface area contributed by atoms with Crippen molar-refractivity contribution in [3.63, 3.8) is 0 Å². The van der Waals surface area contributed by atoms with Crippen LogP contribution in [0.25, 0.3) is 0 Å². The Labute approximate surface area is 161 Å². The van der Waals surface area contributed by atoms with Crippen LogP contribution >= 0.6 is 0 Å². The van der Waals surface area contributed by atoms with Crippen LogP contribution in [0.5, 0.6) is 0 Å². The first-order valence-electron chi connectivity index (χ1n) is 10.5.